The fourth-order valence-corrected chi connectivity index (χ4v) is 4.00. The van der Waals surface area contributed by atoms with Crippen LogP contribution < -0.4 is 0 Å². The predicted molar refractivity (Wildman–Crippen MR) is 107 cm³/mol. The first-order valence-electron chi connectivity index (χ1n) is 9.49. The molecule has 1 amide bonds. The number of carbonyl (C=O) groups excluding carboxylic acids is 1. The van der Waals surface area contributed by atoms with E-state index in [2.05, 4.69) is 10.2 Å². The molecule has 0 saturated carbocycles. The summed E-state index contributed by atoms with van der Waals surface area (Å²) >= 11 is 0. The Morgan fingerprint density at radius 2 is 1.71 bits per heavy atom. The zero-order valence-electron chi connectivity index (χ0n) is 16.2. The molecule has 1 aliphatic heterocycles. The van der Waals surface area contributed by atoms with E-state index in [1.165, 1.54) is 4.80 Å². The van der Waals surface area contributed by atoms with Crippen LogP contribution in [0.25, 0.3) is 11.0 Å². The zero-order valence-corrected chi connectivity index (χ0v) is 16.2. The summed E-state index contributed by atoms with van der Waals surface area (Å²) in [4.78, 5) is 18.1. The highest BCUT2D eigenvalue weighted by molar-refractivity contribution is 5.77. The topological polar surface area (TPSA) is 74.5 Å². The summed E-state index contributed by atoms with van der Waals surface area (Å²) < 4.78 is 0. The molecule has 1 saturated heterocycles. The highest BCUT2D eigenvalue weighted by Gasteiger charge is 2.45. The molecule has 0 aliphatic carbocycles. The lowest BCUT2D eigenvalue weighted by Gasteiger charge is -2.47. The number of benzene rings is 2. The van der Waals surface area contributed by atoms with Crippen molar-refractivity contribution in [3.8, 4) is 0 Å². The Morgan fingerprint density at radius 3 is 2.32 bits per heavy atom. The molecule has 146 valence electrons. The van der Waals surface area contributed by atoms with E-state index in [-0.39, 0.29) is 18.5 Å². The van der Waals surface area contributed by atoms with Crippen molar-refractivity contribution in [3.05, 3.63) is 60.2 Å². The van der Waals surface area contributed by atoms with Crippen molar-refractivity contribution >= 4 is 16.9 Å². The average Bonchev–Trinajstić information content (AvgIpc) is 3.11. The fourth-order valence-electron chi connectivity index (χ4n) is 4.00. The number of aromatic nitrogens is 3. The van der Waals surface area contributed by atoms with Crippen LogP contribution in [0.2, 0.25) is 0 Å². The Morgan fingerprint density at radius 1 is 1.11 bits per heavy atom. The summed E-state index contributed by atoms with van der Waals surface area (Å²) in [5.41, 5.74) is 1.46. The SMILES string of the molecule is CN(C)[C@@H]1CN(C(=O)Cn2nc3ccccc3n2)CC[C@]1(O)c1ccccc1. The van der Waals surface area contributed by atoms with Crippen LogP contribution in [0.15, 0.2) is 54.6 Å². The molecule has 3 aromatic rings. The molecule has 7 heteroatoms. The van der Waals surface area contributed by atoms with Crippen LogP contribution in [-0.4, -0.2) is 69.0 Å². The summed E-state index contributed by atoms with van der Waals surface area (Å²) in [6.07, 6.45) is 0.486. The van der Waals surface area contributed by atoms with E-state index in [9.17, 15) is 9.90 Å². The molecule has 7 nitrogen and oxygen atoms in total. The molecule has 2 aromatic carbocycles. The van der Waals surface area contributed by atoms with Crippen LogP contribution in [0.4, 0.5) is 0 Å². The monoisotopic (exact) mass is 379 g/mol. The number of likely N-dealkylation sites (tertiary alicyclic amines) is 1. The standard InChI is InChI=1S/C21H25N5O2/c1-24(2)19-14-25(13-12-21(19,28)16-8-4-3-5-9-16)20(27)15-26-22-17-10-6-7-11-18(17)23-26/h3-11,19,28H,12-15H2,1-2H3/t19-,21+/m1/s1. The highest BCUT2D eigenvalue weighted by atomic mass is 16.3. The van der Waals surface area contributed by atoms with E-state index in [0.29, 0.717) is 19.5 Å². The lowest BCUT2D eigenvalue weighted by molar-refractivity contribution is -0.143. The first kappa shape index (κ1) is 18.6. The predicted octanol–water partition coefficient (Wildman–Crippen LogP) is 1.48. The van der Waals surface area contributed by atoms with Crippen LogP contribution in [0, 0.1) is 0 Å². The van der Waals surface area contributed by atoms with Crippen LogP contribution in [0.3, 0.4) is 0 Å². The Balaban J connectivity index is 1.51. The summed E-state index contributed by atoms with van der Waals surface area (Å²) in [5, 5.41) is 20.2. The molecule has 2 heterocycles. The van der Waals surface area contributed by atoms with Gasteiger partial charge in [0.2, 0.25) is 5.91 Å². The Hall–Kier alpha value is -2.77. The molecule has 0 unspecified atom stereocenters. The molecule has 0 radical (unpaired) electrons. The van der Waals surface area contributed by atoms with Crippen molar-refractivity contribution in [2.75, 3.05) is 27.2 Å². The molecule has 0 spiro atoms. The maximum absolute atomic E-state index is 12.9. The number of hydrogen-bond donors (Lipinski definition) is 1. The highest BCUT2D eigenvalue weighted by Crippen LogP contribution is 2.35. The largest absolute Gasteiger partial charge is 0.383 e. The first-order valence-corrected chi connectivity index (χ1v) is 9.49. The second kappa shape index (κ2) is 7.33. The van der Waals surface area contributed by atoms with E-state index in [0.717, 1.165) is 16.6 Å². The molecule has 4 rings (SSSR count). The van der Waals surface area contributed by atoms with Crippen LogP contribution in [0.1, 0.15) is 12.0 Å². The number of nitrogens with zero attached hydrogens (tertiary/aromatic N) is 5. The lowest BCUT2D eigenvalue weighted by Crippen LogP contribution is -2.60. The number of likely N-dealkylation sites (N-methyl/N-ethyl adjacent to an activating group) is 1. The second-order valence-electron chi connectivity index (χ2n) is 7.58. The van der Waals surface area contributed by atoms with E-state index in [1.807, 2.05) is 73.6 Å². The molecule has 0 bridgehead atoms. The quantitative estimate of drug-likeness (QED) is 0.743. The van der Waals surface area contributed by atoms with E-state index < -0.39 is 5.60 Å². The Kier molecular flexibility index (Phi) is 4.87. The molecule has 1 aliphatic rings. The molecular formula is C21H25N5O2. The van der Waals surface area contributed by atoms with Gasteiger partial charge in [-0.05, 0) is 38.2 Å². The van der Waals surface area contributed by atoms with Gasteiger partial charge >= 0.3 is 0 Å². The van der Waals surface area contributed by atoms with Gasteiger partial charge in [-0.1, -0.05) is 42.5 Å². The Labute approximate surface area is 164 Å². The molecule has 2 atom stereocenters. The second-order valence-corrected chi connectivity index (χ2v) is 7.58. The number of rotatable bonds is 4. The molecule has 1 aromatic heterocycles. The van der Waals surface area contributed by atoms with Gasteiger partial charge in [0.15, 0.2) is 0 Å². The van der Waals surface area contributed by atoms with Crippen LogP contribution in [0.5, 0.6) is 0 Å². The summed E-state index contributed by atoms with van der Waals surface area (Å²) in [6, 6.07) is 17.1. The molecule has 1 fully saturated rings. The van der Waals surface area contributed by atoms with Crippen LogP contribution in [-0.2, 0) is 16.9 Å². The summed E-state index contributed by atoms with van der Waals surface area (Å²) in [7, 11) is 3.88. The van der Waals surface area contributed by atoms with Crippen molar-refractivity contribution in [2.24, 2.45) is 0 Å². The number of carbonyl (C=O) groups is 1. The van der Waals surface area contributed by atoms with Gasteiger partial charge < -0.3 is 14.9 Å². The third kappa shape index (κ3) is 3.39. The van der Waals surface area contributed by atoms with Crippen molar-refractivity contribution in [1.82, 2.24) is 24.8 Å². The van der Waals surface area contributed by atoms with Gasteiger partial charge in [0, 0.05) is 13.1 Å². The number of fused-ring (bicyclic) bond motifs is 1. The number of piperidine rings is 1. The number of aliphatic hydroxyl groups is 1. The van der Waals surface area contributed by atoms with Gasteiger partial charge in [-0.3, -0.25) is 4.79 Å². The third-order valence-electron chi connectivity index (χ3n) is 5.56. The van der Waals surface area contributed by atoms with Crippen molar-refractivity contribution in [1.29, 1.82) is 0 Å². The number of hydrogen-bond acceptors (Lipinski definition) is 5. The lowest BCUT2D eigenvalue weighted by atomic mass is 9.80. The minimum Gasteiger partial charge on any atom is -0.383 e. The summed E-state index contributed by atoms with van der Waals surface area (Å²) in [5.74, 6) is -0.0396. The van der Waals surface area contributed by atoms with Gasteiger partial charge in [-0.15, -0.1) is 0 Å². The van der Waals surface area contributed by atoms with E-state index in [1.54, 1.807) is 4.90 Å². The molecular weight excluding hydrogens is 354 g/mol. The van der Waals surface area contributed by atoms with Gasteiger partial charge in [0.05, 0.1) is 6.04 Å². The van der Waals surface area contributed by atoms with E-state index in [4.69, 9.17) is 0 Å². The Bertz CT molecular complexity index is 938. The van der Waals surface area contributed by atoms with Crippen molar-refractivity contribution < 1.29 is 9.90 Å². The first-order chi connectivity index (χ1) is 13.5. The van der Waals surface area contributed by atoms with Crippen LogP contribution >= 0.6 is 0 Å². The van der Waals surface area contributed by atoms with Crippen molar-refractivity contribution in [3.63, 3.8) is 0 Å². The van der Waals surface area contributed by atoms with E-state index >= 15 is 0 Å². The van der Waals surface area contributed by atoms with Gasteiger partial charge in [0.1, 0.15) is 23.2 Å². The molecule has 28 heavy (non-hydrogen) atoms. The summed E-state index contributed by atoms with van der Waals surface area (Å²) in [6.45, 7) is 1.05. The average molecular weight is 379 g/mol. The smallest absolute Gasteiger partial charge is 0.246 e. The van der Waals surface area contributed by atoms with Crippen molar-refractivity contribution in [2.45, 2.75) is 24.6 Å². The zero-order chi connectivity index (χ0) is 19.7. The van der Waals surface area contributed by atoms with Gasteiger partial charge in [-0.25, -0.2) is 0 Å². The maximum atomic E-state index is 12.9. The minimum absolute atomic E-state index is 0.0396. The van der Waals surface area contributed by atoms with Gasteiger partial charge in [-0.2, -0.15) is 15.0 Å². The number of amides is 1. The van der Waals surface area contributed by atoms with Gasteiger partial charge in [0.25, 0.3) is 0 Å². The third-order valence-corrected chi connectivity index (χ3v) is 5.56. The normalized spacial score (nSPS) is 22.7. The maximum Gasteiger partial charge on any atom is 0.246 e. The fraction of sp³-hybridized carbons (Fsp3) is 0.381. The minimum atomic E-state index is -0.986. The molecule has 1 N–H and O–H groups in total.